The Balaban J connectivity index is 1.49. The van der Waals surface area contributed by atoms with Gasteiger partial charge >= 0.3 is 6.09 Å². The van der Waals surface area contributed by atoms with Crippen molar-refractivity contribution in [2.45, 2.75) is 89.5 Å². The predicted molar refractivity (Wildman–Crippen MR) is 94.1 cm³/mol. The number of hydrogen-bond acceptors (Lipinski definition) is 4. The van der Waals surface area contributed by atoms with E-state index in [4.69, 9.17) is 9.47 Å². The molecule has 138 valence electrons. The number of carbonyl (C=O) groups excluding carboxylic acids is 1. The summed E-state index contributed by atoms with van der Waals surface area (Å²) in [5, 5.41) is 3.92. The minimum atomic E-state index is -0.416. The highest BCUT2D eigenvalue weighted by molar-refractivity contribution is 5.68. The fourth-order valence-electron chi connectivity index (χ4n) is 4.46. The Morgan fingerprint density at radius 2 is 1.92 bits per heavy atom. The SMILES string of the molecule is CC(C)(C)OC(=O)N1CCC[C@H](N[C@@H]2CCC[C@H]3OCC[C@@H]23)CC1. The second kappa shape index (κ2) is 7.61. The number of fused-ring (bicyclic) bond motifs is 1. The summed E-state index contributed by atoms with van der Waals surface area (Å²) in [6.45, 7) is 8.32. The molecule has 0 aromatic carbocycles. The first kappa shape index (κ1) is 18.0. The summed E-state index contributed by atoms with van der Waals surface area (Å²) in [7, 11) is 0. The third kappa shape index (κ3) is 4.63. The molecule has 1 saturated carbocycles. The van der Waals surface area contributed by atoms with Crippen LogP contribution < -0.4 is 5.32 Å². The van der Waals surface area contributed by atoms with Crippen molar-refractivity contribution in [2.24, 2.45) is 5.92 Å². The molecule has 2 aliphatic heterocycles. The minimum Gasteiger partial charge on any atom is -0.444 e. The number of carbonyl (C=O) groups is 1. The van der Waals surface area contributed by atoms with Crippen LogP contribution in [-0.2, 0) is 9.47 Å². The molecule has 0 aromatic rings. The zero-order valence-corrected chi connectivity index (χ0v) is 15.6. The van der Waals surface area contributed by atoms with Crippen molar-refractivity contribution < 1.29 is 14.3 Å². The fraction of sp³-hybridized carbons (Fsp3) is 0.947. The van der Waals surface area contributed by atoms with Gasteiger partial charge in [-0.25, -0.2) is 4.79 Å². The van der Waals surface area contributed by atoms with Gasteiger partial charge in [-0.15, -0.1) is 0 Å². The Labute approximate surface area is 146 Å². The maximum absolute atomic E-state index is 12.3. The van der Waals surface area contributed by atoms with Crippen LogP contribution >= 0.6 is 0 Å². The van der Waals surface area contributed by atoms with Crippen molar-refractivity contribution in [3.05, 3.63) is 0 Å². The second-order valence-corrected chi connectivity index (χ2v) is 8.66. The topological polar surface area (TPSA) is 50.8 Å². The van der Waals surface area contributed by atoms with Crippen LogP contribution in [0.1, 0.15) is 65.7 Å². The van der Waals surface area contributed by atoms with E-state index in [-0.39, 0.29) is 6.09 Å². The van der Waals surface area contributed by atoms with Crippen LogP contribution in [0.15, 0.2) is 0 Å². The molecule has 0 spiro atoms. The molecule has 2 heterocycles. The van der Waals surface area contributed by atoms with E-state index in [1.165, 1.54) is 25.7 Å². The molecular formula is C19H34N2O3. The summed E-state index contributed by atoms with van der Waals surface area (Å²) >= 11 is 0. The molecule has 3 rings (SSSR count). The van der Waals surface area contributed by atoms with E-state index in [0.717, 1.165) is 39.0 Å². The van der Waals surface area contributed by atoms with Crippen LogP contribution in [-0.4, -0.2) is 54.5 Å². The van der Waals surface area contributed by atoms with Crippen molar-refractivity contribution >= 4 is 6.09 Å². The summed E-state index contributed by atoms with van der Waals surface area (Å²) in [5.74, 6) is 0.698. The van der Waals surface area contributed by atoms with Crippen molar-refractivity contribution in [3.63, 3.8) is 0 Å². The van der Waals surface area contributed by atoms with Crippen LogP contribution in [0.2, 0.25) is 0 Å². The van der Waals surface area contributed by atoms with Gasteiger partial charge in [-0.2, -0.15) is 0 Å². The normalized spacial score (nSPS) is 34.5. The lowest BCUT2D eigenvalue weighted by Gasteiger charge is -2.36. The lowest BCUT2D eigenvalue weighted by molar-refractivity contribution is 0.0255. The number of nitrogens with one attached hydrogen (secondary N) is 1. The van der Waals surface area contributed by atoms with Gasteiger partial charge in [-0.3, -0.25) is 0 Å². The molecule has 4 atom stereocenters. The van der Waals surface area contributed by atoms with Gasteiger partial charge in [0.2, 0.25) is 0 Å². The van der Waals surface area contributed by atoms with Crippen LogP contribution in [0.25, 0.3) is 0 Å². The molecule has 1 aliphatic carbocycles. The third-order valence-corrected chi connectivity index (χ3v) is 5.61. The van der Waals surface area contributed by atoms with Crippen molar-refractivity contribution in [1.82, 2.24) is 10.2 Å². The number of amides is 1. The number of nitrogens with zero attached hydrogens (tertiary/aromatic N) is 1. The van der Waals surface area contributed by atoms with E-state index in [1.807, 2.05) is 25.7 Å². The maximum Gasteiger partial charge on any atom is 0.410 e. The molecule has 0 unspecified atom stereocenters. The van der Waals surface area contributed by atoms with Crippen molar-refractivity contribution in [3.8, 4) is 0 Å². The highest BCUT2D eigenvalue weighted by Gasteiger charge is 2.38. The molecular weight excluding hydrogens is 304 g/mol. The fourth-order valence-corrected chi connectivity index (χ4v) is 4.46. The van der Waals surface area contributed by atoms with Gasteiger partial charge in [0.1, 0.15) is 5.60 Å². The maximum atomic E-state index is 12.3. The van der Waals surface area contributed by atoms with E-state index >= 15 is 0 Å². The van der Waals surface area contributed by atoms with Crippen LogP contribution in [0.3, 0.4) is 0 Å². The average Bonchev–Trinajstić information content (AvgIpc) is 2.86. The van der Waals surface area contributed by atoms with Crippen molar-refractivity contribution in [2.75, 3.05) is 19.7 Å². The van der Waals surface area contributed by atoms with E-state index < -0.39 is 5.60 Å². The highest BCUT2D eigenvalue weighted by Crippen LogP contribution is 2.35. The van der Waals surface area contributed by atoms with E-state index in [2.05, 4.69) is 5.32 Å². The molecule has 3 fully saturated rings. The third-order valence-electron chi connectivity index (χ3n) is 5.61. The van der Waals surface area contributed by atoms with Crippen LogP contribution in [0.4, 0.5) is 4.79 Å². The minimum absolute atomic E-state index is 0.162. The van der Waals surface area contributed by atoms with Gasteiger partial charge < -0.3 is 19.7 Å². The second-order valence-electron chi connectivity index (χ2n) is 8.66. The van der Waals surface area contributed by atoms with Crippen LogP contribution in [0, 0.1) is 5.92 Å². The Bertz CT molecular complexity index is 435. The number of rotatable bonds is 2. The zero-order valence-electron chi connectivity index (χ0n) is 15.6. The van der Waals surface area contributed by atoms with E-state index in [9.17, 15) is 4.79 Å². The van der Waals surface area contributed by atoms with Gasteiger partial charge in [0.15, 0.2) is 0 Å². The molecule has 1 N–H and O–H groups in total. The summed E-state index contributed by atoms with van der Waals surface area (Å²) < 4.78 is 11.4. The lowest BCUT2D eigenvalue weighted by atomic mass is 9.81. The van der Waals surface area contributed by atoms with Gasteiger partial charge in [0.25, 0.3) is 0 Å². The standard InChI is InChI=1S/C19H34N2O3/c1-19(2,3)24-18(22)21-11-5-6-14(9-12-21)20-16-7-4-8-17-15(16)10-13-23-17/h14-17,20H,4-13H2,1-3H3/t14-,15-,16+,17+/m0/s1. The molecule has 0 radical (unpaired) electrons. The summed E-state index contributed by atoms with van der Waals surface area (Å²) in [6.07, 6.45) is 8.53. The lowest BCUT2D eigenvalue weighted by Crippen LogP contribution is -2.47. The Kier molecular flexibility index (Phi) is 5.70. The quantitative estimate of drug-likeness (QED) is 0.839. The van der Waals surface area contributed by atoms with E-state index in [0.29, 0.717) is 24.1 Å². The smallest absolute Gasteiger partial charge is 0.410 e. The first-order valence-electron chi connectivity index (χ1n) is 9.78. The monoisotopic (exact) mass is 338 g/mol. The van der Waals surface area contributed by atoms with Crippen molar-refractivity contribution in [1.29, 1.82) is 0 Å². The Morgan fingerprint density at radius 1 is 1.08 bits per heavy atom. The Hall–Kier alpha value is -0.810. The number of likely N-dealkylation sites (tertiary alicyclic amines) is 1. The van der Waals surface area contributed by atoms with Gasteiger partial charge in [-0.05, 0) is 65.7 Å². The van der Waals surface area contributed by atoms with E-state index in [1.54, 1.807) is 0 Å². The van der Waals surface area contributed by atoms with Gasteiger partial charge in [0, 0.05) is 37.7 Å². The van der Waals surface area contributed by atoms with Gasteiger partial charge in [-0.1, -0.05) is 0 Å². The summed E-state index contributed by atoms with van der Waals surface area (Å²) in [6, 6.07) is 1.12. The first-order valence-corrected chi connectivity index (χ1v) is 9.78. The molecule has 0 aromatic heterocycles. The summed E-state index contributed by atoms with van der Waals surface area (Å²) in [4.78, 5) is 14.2. The largest absolute Gasteiger partial charge is 0.444 e. The molecule has 2 saturated heterocycles. The molecule has 5 nitrogen and oxygen atoms in total. The highest BCUT2D eigenvalue weighted by atomic mass is 16.6. The molecule has 1 amide bonds. The predicted octanol–water partition coefficient (Wildman–Crippen LogP) is 3.32. The Morgan fingerprint density at radius 3 is 2.71 bits per heavy atom. The molecule has 3 aliphatic rings. The average molecular weight is 338 g/mol. The zero-order chi connectivity index (χ0) is 17.2. The number of ether oxygens (including phenoxy) is 2. The molecule has 0 bridgehead atoms. The summed E-state index contributed by atoms with van der Waals surface area (Å²) in [5.41, 5.74) is -0.416. The number of hydrogen-bond donors (Lipinski definition) is 1. The molecule has 24 heavy (non-hydrogen) atoms. The van der Waals surface area contributed by atoms with Crippen LogP contribution in [0.5, 0.6) is 0 Å². The molecule has 5 heteroatoms. The van der Waals surface area contributed by atoms with Gasteiger partial charge in [0.05, 0.1) is 6.10 Å². The first-order chi connectivity index (χ1) is 11.4.